The van der Waals surface area contributed by atoms with E-state index in [9.17, 15) is 32.1 Å². The number of urea groups is 1. The molecule has 2 bridgehead atoms. The van der Waals surface area contributed by atoms with Gasteiger partial charge in [0, 0.05) is 44.5 Å². The molecule has 4 heterocycles. The molecule has 17 nitrogen and oxygen atoms in total. The summed E-state index contributed by atoms with van der Waals surface area (Å²) in [6.45, 7) is 11.0. The van der Waals surface area contributed by atoms with Crippen molar-refractivity contribution >= 4 is 34.6 Å². The third-order valence-electron chi connectivity index (χ3n) is 6.32. The molecule has 41 heavy (non-hydrogen) atoms. The number of carbonyl (C=O) groups is 4. The summed E-state index contributed by atoms with van der Waals surface area (Å²) in [5.74, 6) is 0. The maximum atomic E-state index is 13.4. The van der Waals surface area contributed by atoms with E-state index in [1.807, 2.05) is 0 Å². The van der Waals surface area contributed by atoms with Gasteiger partial charge >= 0.3 is 34.6 Å². The molecule has 2 N–H and O–H groups in total. The lowest BCUT2D eigenvalue weighted by Gasteiger charge is -2.35. The largest absolute Gasteiger partial charge is 0.444 e. The van der Waals surface area contributed by atoms with Crippen LogP contribution in [0.15, 0.2) is 6.20 Å². The molecule has 228 valence electrons. The van der Waals surface area contributed by atoms with Gasteiger partial charge in [-0.15, -0.1) is 4.28 Å². The number of hydrogen-bond acceptors (Lipinski definition) is 10. The molecule has 0 saturated carbocycles. The molecule has 2 atom stereocenters. The normalized spacial score (nSPS) is 21.1. The van der Waals surface area contributed by atoms with Gasteiger partial charge in [-0.1, -0.05) is 0 Å². The third-order valence-corrected chi connectivity index (χ3v) is 6.67. The van der Waals surface area contributed by atoms with Crippen LogP contribution >= 0.6 is 0 Å². The summed E-state index contributed by atoms with van der Waals surface area (Å²) in [5, 5.41) is 7.48. The van der Waals surface area contributed by atoms with E-state index in [4.69, 9.17) is 9.47 Å². The van der Waals surface area contributed by atoms with Crippen molar-refractivity contribution in [2.24, 2.45) is 0 Å². The maximum absolute atomic E-state index is 13.4. The average molecular weight is 602 g/mol. The summed E-state index contributed by atoms with van der Waals surface area (Å²) in [5.41, 5.74) is -0.908. The fourth-order valence-electron chi connectivity index (χ4n) is 4.68. The highest BCUT2D eigenvalue weighted by Gasteiger charge is 2.52. The molecule has 0 radical (unpaired) electrons. The number of hydroxylamine groups is 2. The Morgan fingerprint density at radius 1 is 1.02 bits per heavy atom. The molecule has 1 aromatic heterocycles. The van der Waals surface area contributed by atoms with Crippen molar-refractivity contribution in [3.05, 3.63) is 17.5 Å². The quantitative estimate of drug-likeness (QED) is 0.475. The van der Waals surface area contributed by atoms with Crippen molar-refractivity contribution in [3.63, 3.8) is 0 Å². The van der Waals surface area contributed by atoms with Crippen molar-refractivity contribution in [2.45, 2.75) is 64.8 Å². The zero-order valence-electron chi connectivity index (χ0n) is 23.7. The van der Waals surface area contributed by atoms with Crippen LogP contribution in [-0.4, -0.2) is 117 Å². The van der Waals surface area contributed by atoms with Crippen molar-refractivity contribution in [1.29, 1.82) is 0 Å². The Kier molecular flexibility index (Phi) is 7.87. The summed E-state index contributed by atoms with van der Waals surface area (Å²) < 4.78 is 48.4. The van der Waals surface area contributed by atoms with Crippen LogP contribution in [0.1, 0.15) is 64.9 Å². The maximum Gasteiger partial charge on any atom is 0.418 e. The number of piperazine rings is 1. The molecule has 5 amide bonds. The highest BCUT2D eigenvalue weighted by atomic mass is 32.3. The summed E-state index contributed by atoms with van der Waals surface area (Å²) in [7, 11) is -5.05. The van der Waals surface area contributed by atoms with Crippen LogP contribution in [0.5, 0.6) is 0 Å². The highest BCUT2D eigenvalue weighted by molar-refractivity contribution is 7.80. The van der Waals surface area contributed by atoms with E-state index in [1.54, 1.807) is 41.5 Å². The van der Waals surface area contributed by atoms with Gasteiger partial charge in [-0.2, -0.15) is 23.3 Å². The first kappa shape index (κ1) is 30.3. The van der Waals surface area contributed by atoms with Gasteiger partial charge in [-0.05, 0) is 41.5 Å². The van der Waals surface area contributed by atoms with Crippen molar-refractivity contribution in [2.75, 3.05) is 39.3 Å². The van der Waals surface area contributed by atoms with Gasteiger partial charge in [-0.3, -0.25) is 4.55 Å². The van der Waals surface area contributed by atoms with Crippen molar-refractivity contribution in [3.8, 4) is 0 Å². The minimum absolute atomic E-state index is 0.0591. The molecule has 1 aromatic rings. The number of rotatable bonds is 4. The van der Waals surface area contributed by atoms with E-state index in [2.05, 4.69) is 14.7 Å². The van der Waals surface area contributed by atoms with Crippen LogP contribution in [0.4, 0.5) is 19.2 Å². The van der Waals surface area contributed by atoms with Gasteiger partial charge in [0.05, 0.1) is 18.3 Å². The molecule has 0 aromatic carbocycles. The number of hydrogen-bond donors (Lipinski definition) is 2. The SMILES string of the molecule is CC(C)(C)OC(=O)NC[C@@H]1c2nn(C(=O)N3CCN(C(=O)OC(C)(C)C)CC3)cc2[C@H]2CN1C(=O)N2OS(=O)(=O)O. The Labute approximate surface area is 237 Å². The molecule has 0 unspecified atom stereocenters. The second kappa shape index (κ2) is 10.6. The first-order valence-electron chi connectivity index (χ1n) is 12.9. The summed E-state index contributed by atoms with van der Waals surface area (Å²) in [4.78, 5) is 55.3. The zero-order chi connectivity index (χ0) is 30.5. The highest BCUT2D eigenvalue weighted by Crippen LogP contribution is 2.43. The number of fused-ring (bicyclic) bond motifs is 4. The van der Waals surface area contributed by atoms with E-state index in [-0.39, 0.29) is 45.0 Å². The van der Waals surface area contributed by atoms with Crippen LogP contribution in [0.3, 0.4) is 0 Å². The second-order valence-electron chi connectivity index (χ2n) is 11.8. The fraction of sp³-hybridized carbons (Fsp3) is 0.696. The van der Waals surface area contributed by atoms with Gasteiger partial charge < -0.3 is 29.5 Å². The lowest BCUT2D eigenvalue weighted by Crippen LogP contribution is -2.52. The molecule has 2 fully saturated rings. The molecule has 4 rings (SSSR count). The Balaban J connectivity index is 1.55. The van der Waals surface area contributed by atoms with E-state index < -0.39 is 57.9 Å². The van der Waals surface area contributed by atoms with Crippen molar-refractivity contribution < 1.29 is 45.9 Å². The first-order chi connectivity index (χ1) is 18.8. The number of aromatic nitrogens is 2. The van der Waals surface area contributed by atoms with Crippen LogP contribution in [-0.2, 0) is 24.2 Å². The molecular weight excluding hydrogens is 566 g/mol. The van der Waals surface area contributed by atoms with E-state index in [0.717, 1.165) is 4.68 Å². The summed E-state index contributed by atoms with van der Waals surface area (Å²) >= 11 is 0. The Hall–Kier alpha value is -3.64. The van der Waals surface area contributed by atoms with Crippen LogP contribution in [0, 0.1) is 0 Å². The van der Waals surface area contributed by atoms with E-state index in [1.165, 1.54) is 20.9 Å². The van der Waals surface area contributed by atoms with E-state index >= 15 is 0 Å². The molecule has 3 aliphatic rings. The van der Waals surface area contributed by atoms with Gasteiger partial charge in [0.1, 0.15) is 17.2 Å². The number of ether oxygens (including phenoxy) is 2. The standard InChI is InChI=1S/C23H35N7O10S/c1-22(2,3)38-18(31)24-11-15-17-14(16-13-28(15)20(33)30(16)40-41(35,36)37)12-29(25-17)19(32)26-7-9-27(10-8-26)21(34)39-23(4,5)6/h12,15-16H,7-11,13H2,1-6H3,(H,24,31)(H,35,36,37)/t15-,16-/m1/s1. The number of alkyl carbamates (subject to hydrolysis) is 1. The van der Waals surface area contributed by atoms with Gasteiger partial charge in [-0.25, -0.2) is 19.2 Å². The average Bonchev–Trinajstić information content (AvgIpc) is 3.38. The predicted octanol–water partition coefficient (Wildman–Crippen LogP) is 1.50. The smallest absolute Gasteiger partial charge is 0.418 e. The predicted molar refractivity (Wildman–Crippen MR) is 139 cm³/mol. The molecule has 0 aliphatic carbocycles. The molecule has 0 spiro atoms. The van der Waals surface area contributed by atoms with Gasteiger partial charge in [0.25, 0.3) is 0 Å². The van der Waals surface area contributed by atoms with Crippen molar-refractivity contribution in [1.82, 2.24) is 34.9 Å². The molecular formula is C23H35N7O10S. The zero-order valence-corrected chi connectivity index (χ0v) is 24.5. The van der Waals surface area contributed by atoms with Gasteiger partial charge in [0.15, 0.2) is 0 Å². The third kappa shape index (κ3) is 6.99. The Morgan fingerprint density at radius 3 is 2.17 bits per heavy atom. The topological polar surface area (TPSA) is 193 Å². The fourth-order valence-corrected chi connectivity index (χ4v) is 5.05. The van der Waals surface area contributed by atoms with Crippen LogP contribution < -0.4 is 5.32 Å². The molecule has 3 aliphatic heterocycles. The molecule has 18 heteroatoms. The second-order valence-corrected chi connectivity index (χ2v) is 12.8. The number of carbonyl (C=O) groups excluding carboxylic acids is 4. The minimum atomic E-state index is -5.05. The first-order valence-corrected chi connectivity index (χ1v) is 14.3. The molecule has 2 saturated heterocycles. The van der Waals surface area contributed by atoms with E-state index in [0.29, 0.717) is 10.6 Å². The number of nitrogens with zero attached hydrogens (tertiary/aromatic N) is 6. The summed E-state index contributed by atoms with van der Waals surface area (Å²) in [6.07, 6.45) is 0.129. The van der Waals surface area contributed by atoms with Crippen LogP contribution in [0.2, 0.25) is 0 Å². The lowest BCUT2D eigenvalue weighted by atomic mass is 9.98. The number of amides is 5. The Bertz CT molecular complexity index is 1320. The monoisotopic (exact) mass is 601 g/mol. The lowest BCUT2D eigenvalue weighted by molar-refractivity contribution is -0.0317. The minimum Gasteiger partial charge on any atom is -0.444 e. The van der Waals surface area contributed by atoms with Crippen LogP contribution in [0.25, 0.3) is 0 Å². The summed E-state index contributed by atoms with van der Waals surface area (Å²) in [6, 6.07) is -3.31. The van der Waals surface area contributed by atoms with Gasteiger partial charge in [0.2, 0.25) is 0 Å². The Morgan fingerprint density at radius 2 is 1.61 bits per heavy atom. The number of nitrogens with one attached hydrogen (secondary N) is 1.